The van der Waals surface area contributed by atoms with Crippen molar-refractivity contribution < 1.29 is 9.53 Å². The first-order valence-corrected chi connectivity index (χ1v) is 7.17. The number of hydrogen-bond donors (Lipinski definition) is 0. The third-order valence-corrected chi connectivity index (χ3v) is 3.24. The van der Waals surface area contributed by atoms with Gasteiger partial charge in [0.15, 0.2) is 0 Å². The van der Waals surface area contributed by atoms with Gasteiger partial charge in [0.25, 0.3) is 0 Å². The molecule has 98 valence electrons. The lowest BCUT2D eigenvalue weighted by Crippen LogP contribution is -2.06. The molecule has 1 unspecified atom stereocenters. The largest absolute Gasteiger partial charge is 0.462 e. The van der Waals surface area contributed by atoms with E-state index in [0.717, 1.165) is 12.8 Å². The number of allylic oxidation sites excluding steroid dienone is 2. The SMILES string of the molecule is CCC/C=C\CCCCCCC1CCC(=O)O1. The summed E-state index contributed by atoms with van der Waals surface area (Å²) >= 11 is 0. The van der Waals surface area contributed by atoms with Gasteiger partial charge in [0.1, 0.15) is 6.10 Å². The van der Waals surface area contributed by atoms with Crippen LogP contribution in [0.1, 0.15) is 71.1 Å². The molecule has 0 radical (unpaired) electrons. The predicted molar refractivity (Wildman–Crippen MR) is 70.9 cm³/mol. The molecule has 1 saturated heterocycles. The van der Waals surface area contributed by atoms with Gasteiger partial charge < -0.3 is 4.74 Å². The van der Waals surface area contributed by atoms with Crippen LogP contribution in [-0.4, -0.2) is 12.1 Å². The van der Waals surface area contributed by atoms with Gasteiger partial charge in [-0.25, -0.2) is 0 Å². The zero-order valence-corrected chi connectivity index (χ0v) is 11.1. The standard InChI is InChI=1S/C15H26O2/c1-2-3-4-5-6-7-8-9-10-11-14-12-13-15(16)17-14/h4-5,14H,2-3,6-13H2,1H3/b5-4-. The van der Waals surface area contributed by atoms with Crippen molar-refractivity contribution in [1.82, 2.24) is 0 Å². The van der Waals surface area contributed by atoms with Crippen LogP contribution in [0, 0.1) is 0 Å². The molecule has 1 fully saturated rings. The average molecular weight is 238 g/mol. The Labute approximate surface area is 105 Å². The van der Waals surface area contributed by atoms with Crippen molar-refractivity contribution in [2.45, 2.75) is 77.2 Å². The van der Waals surface area contributed by atoms with Crippen LogP contribution in [0.5, 0.6) is 0 Å². The van der Waals surface area contributed by atoms with Gasteiger partial charge in [-0.2, -0.15) is 0 Å². The van der Waals surface area contributed by atoms with E-state index in [1.807, 2.05) is 0 Å². The number of hydrogen-bond acceptors (Lipinski definition) is 2. The van der Waals surface area contributed by atoms with Crippen LogP contribution in [0.25, 0.3) is 0 Å². The van der Waals surface area contributed by atoms with Crippen LogP contribution in [-0.2, 0) is 9.53 Å². The second kappa shape index (κ2) is 9.26. The Balaban J connectivity index is 1.83. The van der Waals surface area contributed by atoms with Gasteiger partial charge in [0.2, 0.25) is 0 Å². The second-order valence-corrected chi connectivity index (χ2v) is 4.90. The summed E-state index contributed by atoms with van der Waals surface area (Å²) in [5.74, 6) is -0.00365. The fourth-order valence-corrected chi connectivity index (χ4v) is 2.18. The van der Waals surface area contributed by atoms with E-state index in [9.17, 15) is 4.79 Å². The van der Waals surface area contributed by atoms with Crippen LogP contribution in [0.2, 0.25) is 0 Å². The molecule has 0 N–H and O–H groups in total. The quantitative estimate of drug-likeness (QED) is 0.338. The van der Waals surface area contributed by atoms with Crippen molar-refractivity contribution in [2.75, 3.05) is 0 Å². The molecule has 2 heteroatoms. The van der Waals surface area contributed by atoms with Crippen molar-refractivity contribution in [3.05, 3.63) is 12.2 Å². The summed E-state index contributed by atoms with van der Waals surface area (Å²) in [6, 6.07) is 0. The molecule has 0 amide bonds. The van der Waals surface area contributed by atoms with Gasteiger partial charge >= 0.3 is 5.97 Å². The number of carbonyl (C=O) groups excluding carboxylic acids is 1. The molecule has 0 aromatic heterocycles. The first kappa shape index (κ1) is 14.3. The summed E-state index contributed by atoms with van der Waals surface area (Å²) in [5, 5.41) is 0. The van der Waals surface area contributed by atoms with E-state index in [4.69, 9.17) is 4.74 Å². The summed E-state index contributed by atoms with van der Waals surface area (Å²) in [6.45, 7) is 2.21. The predicted octanol–water partition coefficient (Wildman–Crippen LogP) is 4.39. The first-order valence-electron chi connectivity index (χ1n) is 7.17. The Bertz CT molecular complexity index is 233. The first-order chi connectivity index (χ1) is 8.33. The maximum absolute atomic E-state index is 10.9. The molecular formula is C15H26O2. The van der Waals surface area contributed by atoms with Gasteiger partial charge in [0.05, 0.1) is 0 Å². The van der Waals surface area contributed by atoms with E-state index in [-0.39, 0.29) is 12.1 Å². The van der Waals surface area contributed by atoms with Crippen LogP contribution in [0.3, 0.4) is 0 Å². The molecule has 0 aliphatic carbocycles. The van der Waals surface area contributed by atoms with E-state index in [0.29, 0.717) is 6.42 Å². The molecule has 1 heterocycles. The minimum Gasteiger partial charge on any atom is -0.462 e. The highest BCUT2D eigenvalue weighted by molar-refractivity contribution is 5.71. The molecule has 0 aromatic rings. The molecule has 17 heavy (non-hydrogen) atoms. The van der Waals surface area contributed by atoms with Crippen LogP contribution < -0.4 is 0 Å². The third-order valence-electron chi connectivity index (χ3n) is 3.24. The Morgan fingerprint density at radius 3 is 2.65 bits per heavy atom. The summed E-state index contributed by atoms with van der Waals surface area (Å²) in [7, 11) is 0. The number of unbranched alkanes of at least 4 members (excludes halogenated alkanes) is 5. The van der Waals surface area contributed by atoms with Gasteiger partial charge in [-0.05, 0) is 38.5 Å². The van der Waals surface area contributed by atoms with Crippen molar-refractivity contribution in [1.29, 1.82) is 0 Å². The van der Waals surface area contributed by atoms with Crippen molar-refractivity contribution in [3.63, 3.8) is 0 Å². The smallest absolute Gasteiger partial charge is 0.306 e. The Morgan fingerprint density at radius 2 is 1.94 bits per heavy atom. The van der Waals surface area contributed by atoms with Crippen LogP contribution >= 0.6 is 0 Å². The summed E-state index contributed by atoms with van der Waals surface area (Å²) < 4.78 is 5.18. The molecule has 0 aromatic carbocycles. The van der Waals surface area contributed by atoms with Gasteiger partial charge in [-0.15, -0.1) is 0 Å². The van der Waals surface area contributed by atoms with E-state index in [1.54, 1.807) is 0 Å². The molecule has 0 spiro atoms. The minimum absolute atomic E-state index is 0.00365. The summed E-state index contributed by atoms with van der Waals surface area (Å²) in [5.41, 5.74) is 0. The fourth-order valence-electron chi connectivity index (χ4n) is 2.18. The molecule has 0 bridgehead atoms. The van der Waals surface area contributed by atoms with Crippen LogP contribution in [0.4, 0.5) is 0 Å². The van der Waals surface area contributed by atoms with E-state index in [1.165, 1.54) is 44.9 Å². The van der Waals surface area contributed by atoms with Crippen molar-refractivity contribution >= 4 is 5.97 Å². The second-order valence-electron chi connectivity index (χ2n) is 4.90. The van der Waals surface area contributed by atoms with Crippen molar-refractivity contribution in [3.8, 4) is 0 Å². The van der Waals surface area contributed by atoms with Crippen LogP contribution in [0.15, 0.2) is 12.2 Å². The zero-order chi connectivity index (χ0) is 12.3. The molecule has 1 rings (SSSR count). The molecule has 2 nitrogen and oxygen atoms in total. The third kappa shape index (κ3) is 7.19. The van der Waals surface area contributed by atoms with E-state index in [2.05, 4.69) is 19.1 Å². The maximum Gasteiger partial charge on any atom is 0.306 e. The zero-order valence-electron chi connectivity index (χ0n) is 11.1. The molecule has 1 atom stereocenters. The number of ether oxygens (including phenoxy) is 1. The molecule has 1 aliphatic rings. The highest BCUT2D eigenvalue weighted by atomic mass is 16.5. The highest BCUT2D eigenvalue weighted by Crippen LogP contribution is 2.19. The van der Waals surface area contributed by atoms with Crippen molar-refractivity contribution in [2.24, 2.45) is 0 Å². The maximum atomic E-state index is 10.9. The Morgan fingerprint density at radius 1 is 1.18 bits per heavy atom. The van der Waals surface area contributed by atoms with Gasteiger partial charge in [0, 0.05) is 6.42 Å². The molecule has 1 aliphatic heterocycles. The summed E-state index contributed by atoms with van der Waals surface area (Å²) in [4.78, 5) is 10.9. The lowest BCUT2D eigenvalue weighted by Gasteiger charge is -2.07. The molecular weight excluding hydrogens is 212 g/mol. The number of cyclic esters (lactones) is 1. The lowest BCUT2D eigenvalue weighted by molar-refractivity contribution is -0.141. The van der Waals surface area contributed by atoms with Gasteiger partial charge in [-0.1, -0.05) is 38.3 Å². The number of rotatable bonds is 9. The topological polar surface area (TPSA) is 26.3 Å². The average Bonchev–Trinajstić information content (AvgIpc) is 2.73. The normalized spacial score (nSPS) is 20.1. The minimum atomic E-state index is -0.00365. The highest BCUT2D eigenvalue weighted by Gasteiger charge is 2.22. The Kier molecular flexibility index (Phi) is 7.78. The summed E-state index contributed by atoms with van der Waals surface area (Å²) in [6.07, 6.45) is 16.2. The Hall–Kier alpha value is -0.790. The number of esters is 1. The van der Waals surface area contributed by atoms with E-state index < -0.39 is 0 Å². The monoisotopic (exact) mass is 238 g/mol. The molecule has 0 saturated carbocycles. The van der Waals surface area contributed by atoms with E-state index >= 15 is 0 Å². The fraction of sp³-hybridized carbons (Fsp3) is 0.800. The number of carbonyl (C=O) groups is 1. The lowest BCUT2D eigenvalue weighted by atomic mass is 10.1. The van der Waals surface area contributed by atoms with Gasteiger partial charge in [-0.3, -0.25) is 4.79 Å².